The number of hydrogen-bond donors (Lipinski definition) is 3. The minimum Gasteiger partial charge on any atom is -0.382 e. The molecular weight excluding hydrogens is 359 g/mol. The number of aryl methyl sites for hydroxylation is 1. The Morgan fingerprint density at radius 3 is 2.63 bits per heavy atom. The van der Waals surface area contributed by atoms with E-state index in [-0.39, 0.29) is 24.9 Å². The zero-order valence-corrected chi connectivity index (χ0v) is 15.3. The number of nitrogens with one attached hydrogen (secondary N) is 3. The number of benzene rings is 1. The minimum atomic E-state index is -4.49. The molecule has 148 valence electrons. The fourth-order valence-electron chi connectivity index (χ4n) is 3.77. The van der Waals surface area contributed by atoms with E-state index in [1.54, 1.807) is 0 Å². The van der Waals surface area contributed by atoms with Gasteiger partial charge in [-0.2, -0.15) is 13.2 Å². The van der Waals surface area contributed by atoms with Gasteiger partial charge in [0.2, 0.25) is 11.8 Å². The lowest BCUT2D eigenvalue weighted by atomic mass is 9.88. The third-order valence-corrected chi connectivity index (χ3v) is 5.36. The highest BCUT2D eigenvalue weighted by Crippen LogP contribution is 2.35. The smallest absolute Gasteiger partial charge is 0.382 e. The maximum absolute atomic E-state index is 12.8. The van der Waals surface area contributed by atoms with E-state index in [1.807, 2.05) is 37.4 Å². The van der Waals surface area contributed by atoms with E-state index < -0.39 is 30.0 Å². The predicted molar refractivity (Wildman–Crippen MR) is 95.1 cm³/mol. The summed E-state index contributed by atoms with van der Waals surface area (Å²) in [5.41, 5.74) is 2.93. The van der Waals surface area contributed by atoms with Gasteiger partial charge in [-0.25, -0.2) is 0 Å². The maximum Gasteiger partial charge on any atom is 0.408 e. The Balaban J connectivity index is 1.73. The van der Waals surface area contributed by atoms with Crippen LogP contribution in [0.1, 0.15) is 49.8 Å². The first-order valence-electron chi connectivity index (χ1n) is 9.23. The summed E-state index contributed by atoms with van der Waals surface area (Å²) in [5, 5.41) is 8.27. The van der Waals surface area contributed by atoms with Crippen LogP contribution in [0.2, 0.25) is 0 Å². The number of halogens is 3. The van der Waals surface area contributed by atoms with Gasteiger partial charge in [-0.15, -0.1) is 0 Å². The molecular formula is C19H24F3N3O2. The summed E-state index contributed by atoms with van der Waals surface area (Å²) in [6, 6.07) is 3.97. The van der Waals surface area contributed by atoms with Gasteiger partial charge in [0.05, 0.1) is 6.04 Å². The molecule has 1 aromatic rings. The molecule has 5 nitrogen and oxygen atoms in total. The van der Waals surface area contributed by atoms with Crippen molar-refractivity contribution in [3.63, 3.8) is 0 Å². The molecule has 0 bridgehead atoms. The Hall–Kier alpha value is -2.25. The Bertz CT molecular complexity index is 735. The number of rotatable bonds is 3. The summed E-state index contributed by atoms with van der Waals surface area (Å²) < 4.78 is 38.3. The molecule has 2 amide bonds. The second-order valence-electron chi connectivity index (χ2n) is 7.37. The Morgan fingerprint density at radius 2 is 2.00 bits per heavy atom. The molecule has 0 spiro atoms. The van der Waals surface area contributed by atoms with Crippen LogP contribution in [-0.4, -0.2) is 30.1 Å². The lowest BCUT2D eigenvalue weighted by Crippen LogP contribution is -2.55. The summed E-state index contributed by atoms with van der Waals surface area (Å²) in [6.45, 7) is 4.00. The van der Waals surface area contributed by atoms with Crippen LogP contribution in [0, 0.1) is 12.8 Å². The van der Waals surface area contributed by atoms with Crippen molar-refractivity contribution in [1.29, 1.82) is 0 Å². The summed E-state index contributed by atoms with van der Waals surface area (Å²) in [5.74, 6) is -2.46. The molecule has 2 aliphatic heterocycles. The number of fused-ring (bicyclic) bond motifs is 1. The number of amides is 2. The van der Waals surface area contributed by atoms with Crippen LogP contribution >= 0.6 is 0 Å². The average molecular weight is 383 g/mol. The molecule has 1 saturated heterocycles. The van der Waals surface area contributed by atoms with Gasteiger partial charge >= 0.3 is 6.18 Å². The van der Waals surface area contributed by atoms with E-state index in [0.717, 1.165) is 23.2 Å². The first kappa shape index (κ1) is 19.5. The van der Waals surface area contributed by atoms with Gasteiger partial charge in [-0.1, -0.05) is 24.6 Å². The van der Waals surface area contributed by atoms with Crippen molar-refractivity contribution in [1.82, 2.24) is 10.6 Å². The average Bonchev–Trinajstić information content (AvgIpc) is 2.60. The van der Waals surface area contributed by atoms with E-state index in [4.69, 9.17) is 0 Å². The molecule has 0 aliphatic carbocycles. The largest absolute Gasteiger partial charge is 0.408 e. The molecule has 3 rings (SSSR count). The number of carbonyl (C=O) groups excluding carboxylic acids is 2. The van der Waals surface area contributed by atoms with E-state index >= 15 is 0 Å². The van der Waals surface area contributed by atoms with Crippen LogP contribution in [-0.2, 0) is 9.59 Å². The normalized spacial score (nSPS) is 28.0. The highest BCUT2D eigenvalue weighted by molar-refractivity contribution is 6.01. The van der Waals surface area contributed by atoms with Gasteiger partial charge in [-0.3, -0.25) is 9.59 Å². The third-order valence-electron chi connectivity index (χ3n) is 5.36. The van der Waals surface area contributed by atoms with Gasteiger partial charge in [-0.05, 0) is 44.2 Å². The Morgan fingerprint density at radius 1 is 1.26 bits per heavy atom. The Labute approximate surface area is 156 Å². The predicted octanol–water partition coefficient (Wildman–Crippen LogP) is 3.20. The molecule has 3 unspecified atom stereocenters. The molecule has 0 saturated carbocycles. The highest BCUT2D eigenvalue weighted by Gasteiger charge is 2.46. The van der Waals surface area contributed by atoms with Crippen molar-refractivity contribution >= 4 is 17.5 Å². The number of piperidine rings is 1. The lowest BCUT2D eigenvalue weighted by Gasteiger charge is -2.35. The van der Waals surface area contributed by atoms with Crippen molar-refractivity contribution in [2.45, 2.75) is 63.8 Å². The monoisotopic (exact) mass is 383 g/mol. The Kier molecular flexibility index (Phi) is 5.35. The molecule has 0 aromatic heterocycles. The lowest BCUT2D eigenvalue weighted by molar-refractivity contribution is -0.171. The van der Waals surface area contributed by atoms with Gasteiger partial charge in [0.15, 0.2) is 0 Å². The SMILES string of the molecule is CC[C@H]1CC(NC(=O)C2CCC(C(F)(F)F)NC2=O)c2cc(C)ccc2N1. The van der Waals surface area contributed by atoms with Gasteiger partial charge in [0.1, 0.15) is 12.0 Å². The summed E-state index contributed by atoms with van der Waals surface area (Å²) in [7, 11) is 0. The van der Waals surface area contributed by atoms with Crippen LogP contribution in [0.25, 0.3) is 0 Å². The van der Waals surface area contributed by atoms with Gasteiger partial charge in [0.25, 0.3) is 0 Å². The van der Waals surface area contributed by atoms with Gasteiger partial charge < -0.3 is 16.0 Å². The molecule has 3 N–H and O–H groups in total. The van der Waals surface area contributed by atoms with Crippen molar-refractivity contribution in [3.05, 3.63) is 29.3 Å². The van der Waals surface area contributed by atoms with E-state index in [0.29, 0.717) is 6.42 Å². The van der Waals surface area contributed by atoms with Crippen LogP contribution in [0.3, 0.4) is 0 Å². The number of hydrogen-bond acceptors (Lipinski definition) is 3. The molecule has 4 atom stereocenters. The van der Waals surface area contributed by atoms with Gasteiger partial charge in [0, 0.05) is 11.7 Å². The van der Waals surface area contributed by atoms with Crippen LogP contribution in [0.5, 0.6) is 0 Å². The maximum atomic E-state index is 12.8. The quantitative estimate of drug-likeness (QED) is 0.702. The second kappa shape index (κ2) is 7.40. The van der Waals surface area contributed by atoms with E-state index in [9.17, 15) is 22.8 Å². The van der Waals surface area contributed by atoms with E-state index in [1.165, 1.54) is 0 Å². The second-order valence-corrected chi connectivity index (χ2v) is 7.37. The van der Waals surface area contributed by atoms with Crippen molar-refractivity contribution in [2.75, 3.05) is 5.32 Å². The van der Waals surface area contributed by atoms with Crippen LogP contribution < -0.4 is 16.0 Å². The molecule has 1 fully saturated rings. The van der Waals surface area contributed by atoms with Crippen molar-refractivity contribution in [2.24, 2.45) is 5.92 Å². The molecule has 27 heavy (non-hydrogen) atoms. The van der Waals surface area contributed by atoms with Crippen LogP contribution in [0.15, 0.2) is 18.2 Å². The summed E-state index contributed by atoms with van der Waals surface area (Å²) >= 11 is 0. The van der Waals surface area contributed by atoms with Crippen LogP contribution in [0.4, 0.5) is 18.9 Å². The summed E-state index contributed by atoms with van der Waals surface area (Å²) in [6.07, 6.45) is -3.34. The zero-order chi connectivity index (χ0) is 19.8. The first-order chi connectivity index (χ1) is 12.7. The molecule has 0 radical (unpaired) electrons. The number of anilines is 1. The number of carbonyl (C=O) groups is 2. The summed E-state index contributed by atoms with van der Waals surface area (Å²) in [4.78, 5) is 24.7. The highest BCUT2D eigenvalue weighted by atomic mass is 19.4. The zero-order valence-electron chi connectivity index (χ0n) is 15.3. The topological polar surface area (TPSA) is 70.2 Å². The fraction of sp³-hybridized carbons (Fsp3) is 0.579. The number of alkyl halides is 3. The molecule has 1 aromatic carbocycles. The van der Waals surface area contributed by atoms with Crippen molar-refractivity contribution < 1.29 is 22.8 Å². The molecule has 2 heterocycles. The van der Waals surface area contributed by atoms with E-state index in [2.05, 4.69) is 10.6 Å². The first-order valence-corrected chi connectivity index (χ1v) is 9.23. The molecule has 8 heteroatoms. The third kappa shape index (κ3) is 4.20. The van der Waals surface area contributed by atoms with Crippen molar-refractivity contribution in [3.8, 4) is 0 Å². The molecule has 2 aliphatic rings. The minimum absolute atomic E-state index is 0.106. The fourth-order valence-corrected chi connectivity index (χ4v) is 3.77. The standard InChI is InChI=1S/C19H24F3N3O2/c1-3-11-9-15(13-8-10(2)4-6-14(13)23-11)24-17(26)12-5-7-16(19(20,21)22)25-18(12)27/h4,6,8,11-12,15-16,23H,3,5,7,9H2,1-2H3,(H,24,26)(H,25,27)/t11-,12?,15?,16?/m0/s1.